The average Bonchev–Trinajstić information content (AvgIpc) is 2.33. The van der Waals surface area contributed by atoms with E-state index in [-0.39, 0.29) is 5.41 Å². The summed E-state index contributed by atoms with van der Waals surface area (Å²) in [4.78, 5) is 2.50. The lowest BCUT2D eigenvalue weighted by atomic mass is 9.78. The Balaban J connectivity index is 1.89. The molecule has 1 fully saturated rings. The predicted octanol–water partition coefficient (Wildman–Crippen LogP) is 3.81. The zero-order valence-corrected chi connectivity index (χ0v) is 13.0. The van der Waals surface area contributed by atoms with Crippen molar-refractivity contribution in [2.24, 2.45) is 5.41 Å². The van der Waals surface area contributed by atoms with Gasteiger partial charge in [-0.25, -0.2) is 0 Å². The number of halogens is 1. The molecule has 0 radical (unpaired) electrons. The van der Waals surface area contributed by atoms with Gasteiger partial charge in [0.25, 0.3) is 0 Å². The zero-order valence-electron chi connectivity index (χ0n) is 10.8. The van der Waals surface area contributed by atoms with Crippen molar-refractivity contribution in [3.8, 4) is 6.07 Å². The smallest absolute Gasteiger partial charge is 0.0627 e. The summed E-state index contributed by atoms with van der Waals surface area (Å²) in [6.45, 7) is 5.52. The molecule has 1 saturated heterocycles. The normalized spacial score (nSPS) is 19.4. The first-order chi connectivity index (χ1) is 8.61. The van der Waals surface area contributed by atoms with Crippen LogP contribution in [-0.4, -0.2) is 18.0 Å². The molecule has 1 aliphatic rings. The fourth-order valence-electron chi connectivity index (χ4n) is 2.51. The first-order valence-electron chi connectivity index (χ1n) is 6.45. The molecule has 1 aromatic carbocycles. The van der Waals surface area contributed by atoms with Gasteiger partial charge in [0.15, 0.2) is 0 Å². The molecule has 0 aromatic heterocycles. The molecular weight excluding hydrogens is 335 g/mol. The molecule has 2 rings (SSSR count). The van der Waals surface area contributed by atoms with E-state index in [2.05, 4.69) is 64.7 Å². The van der Waals surface area contributed by atoms with E-state index < -0.39 is 0 Å². The third-order valence-electron chi connectivity index (χ3n) is 3.86. The van der Waals surface area contributed by atoms with Crippen molar-refractivity contribution in [2.75, 3.05) is 13.1 Å². The molecule has 0 bridgehead atoms. The third kappa shape index (κ3) is 3.69. The number of nitrogens with zero attached hydrogens (tertiary/aromatic N) is 2. The monoisotopic (exact) mass is 354 g/mol. The summed E-state index contributed by atoms with van der Waals surface area (Å²) in [5.41, 5.74) is 1.64. The van der Waals surface area contributed by atoms with E-state index in [1.54, 1.807) is 0 Å². The maximum absolute atomic E-state index is 8.85. The van der Waals surface area contributed by atoms with Gasteiger partial charge in [-0.15, -0.1) is 0 Å². The van der Waals surface area contributed by atoms with E-state index in [9.17, 15) is 0 Å². The molecule has 96 valence electrons. The summed E-state index contributed by atoms with van der Waals surface area (Å²) in [6, 6.07) is 11.0. The van der Waals surface area contributed by atoms with Crippen LogP contribution >= 0.6 is 22.6 Å². The van der Waals surface area contributed by atoms with Gasteiger partial charge < -0.3 is 0 Å². The van der Waals surface area contributed by atoms with Crippen LogP contribution in [0.3, 0.4) is 0 Å². The molecule has 0 amide bonds. The highest BCUT2D eigenvalue weighted by Crippen LogP contribution is 2.34. The Morgan fingerprint density at radius 3 is 2.72 bits per heavy atom. The molecule has 1 aromatic rings. The largest absolute Gasteiger partial charge is 0.299 e. The Kier molecular flexibility index (Phi) is 4.63. The molecule has 1 aliphatic heterocycles. The summed E-state index contributed by atoms with van der Waals surface area (Å²) in [5, 5.41) is 8.85. The number of nitriles is 1. The van der Waals surface area contributed by atoms with Crippen LogP contribution in [0, 0.1) is 20.3 Å². The first kappa shape index (κ1) is 13.8. The maximum Gasteiger partial charge on any atom is 0.0627 e. The topological polar surface area (TPSA) is 27.0 Å². The highest BCUT2D eigenvalue weighted by molar-refractivity contribution is 14.1. The molecule has 18 heavy (non-hydrogen) atoms. The van der Waals surface area contributed by atoms with E-state index >= 15 is 0 Å². The number of benzene rings is 1. The Hall–Kier alpha value is -0.600. The Labute approximate surface area is 123 Å². The summed E-state index contributed by atoms with van der Waals surface area (Å²) in [7, 11) is 0. The second kappa shape index (κ2) is 6.03. The van der Waals surface area contributed by atoms with Crippen LogP contribution in [0.2, 0.25) is 0 Å². The minimum absolute atomic E-state index is 0.246. The molecule has 0 aliphatic carbocycles. The van der Waals surface area contributed by atoms with Gasteiger partial charge in [0.2, 0.25) is 0 Å². The van der Waals surface area contributed by atoms with Crippen LogP contribution < -0.4 is 0 Å². The summed E-state index contributed by atoms with van der Waals surface area (Å²) >= 11 is 2.36. The van der Waals surface area contributed by atoms with Crippen molar-refractivity contribution in [1.29, 1.82) is 5.26 Å². The quantitative estimate of drug-likeness (QED) is 0.772. The average molecular weight is 354 g/mol. The highest BCUT2D eigenvalue weighted by Gasteiger charge is 2.29. The number of piperidine rings is 1. The Morgan fingerprint density at radius 1 is 1.39 bits per heavy atom. The van der Waals surface area contributed by atoms with Gasteiger partial charge >= 0.3 is 0 Å². The lowest BCUT2D eigenvalue weighted by Gasteiger charge is -2.38. The van der Waals surface area contributed by atoms with Gasteiger partial charge in [-0.05, 0) is 71.6 Å². The van der Waals surface area contributed by atoms with Crippen molar-refractivity contribution in [2.45, 2.75) is 32.7 Å². The SMILES string of the molecule is CC1(CC#N)CCN(Cc2cccc(I)c2)CC1. The second-order valence-corrected chi connectivity index (χ2v) is 6.80. The van der Waals surface area contributed by atoms with Gasteiger partial charge in [0, 0.05) is 16.5 Å². The molecule has 0 saturated carbocycles. The second-order valence-electron chi connectivity index (χ2n) is 5.55. The number of likely N-dealkylation sites (tertiary alicyclic amines) is 1. The van der Waals surface area contributed by atoms with Crippen molar-refractivity contribution < 1.29 is 0 Å². The van der Waals surface area contributed by atoms with Gasteiger partial charge in [-0.2, -0.15) is 5.26 Å². The predicted molar refractivity (Wildman–Crippen MR) is 82.0 cm³/mol. The fourth-order valence-corrected chi connectivity index (χ4v) is 3.12. The molecule has 0 atom stereocenters. The van der Waals surface area contributed by atoms with Crippen LogP contribution in [-0.2, 0) is 6.54 Å². The van der Waals surface area contributed by atoms with Gasteiger partial charge in [0.05, 0.1) is 6.07 Å². The Morgan fingerprint density at radius 2 is 2.11 bits per heavy atom. The molecule has 2 nitrogen and oxygen atoms in total. The van der Waals surface area contributed by atoms with E-state index in [4.69, 9.17) is 5.26 Å². The van der Waals surface area contributed by atoms with Crippen LogP contribution in [0.25, 0.3) is 0 Å². The van der Waals surface area contributed by atoms with E-state index in [1.165, 1.54) is 9.13 Å². The van der Waals surface area contributed by atoms with Crippen molar-refractivity contribution in [1.82, 2.24) is 4.90 Å². The van der Waals surface area contributed by atoms with Gasteiger partial charge in [0.1, 0.15) is 0 Å². The Bertz CT molecular complexity index is 442. The number of hydrogen-bond donors (Lipinski definition) is 0. The van der Waals surface area contributed by atoms with Crippen LogP contribution in [0.15, 0.2) is 24.3 Å². The number of rotatable bonds is 3. The molecule has 0 unspecified atom stereocenters. The minimum Gasteiger partial charge on any atom is -0.299 e. The van der Waals surface area contributed by atoms with E-state index in [0.29, 0.717) is 6.42 Å². The zero-order chi connectivity index (χ0) is 13.0. The molecule has 0 N–H and O–H groups in total. The minimum atomic E-state index is 0.246. The van der Waals surface area contributed by atoms with Crippen molar-refractivity contribution in [3.05, 3.63) is 33.4 Å². The molecule has 1 heterocycles. The molecule has 3 heteroatoms. The maximum atomic E-state index is 8.85. The van der Waals surface area contributed by atoms with Gasteiger partial charge in [-0.3, -0.25) is 4.90 Å². The standard InChI is InChI=1S/C15H19IN2/c1-15(5-8-17)6-9-18(10-7-15)12-13-3-2-4-14(16)11-13/h2-4,11H,5-7,9-10,12H2,1H3. The molecular formula is C15H19IN2. The lowest BCUT2D eigenvalue weighted by Crippen LogP contribution is -2.38. The summed E-state index contributed by atoms with van der Waals surface area (Å²) in [5.74, 6) is 0. The van der Waals surface area contributed by atoms with Crippen LogP contribution in [0.5, 0.6) is 0 Å². The number of hydrogen-bond acceptors (Lipinski definition) is 2. The molecule has 0 spiro atoms. The summed E-state index contributed by atoms with van der Waals surface area (Å²) < 4.78 is 1.30. The van der Waals surface area contributed by atoms with Crippen LogP contribution in [0.4, 0.5) is 0 Å². The fraction of sp³-hybridized carbons (Fsp3) is 0.533. The van der Waals surface area contributed by atoms with E-state index in [1.807, 2.05) is 0 Å². The third-order valence-corrected chi connectivity index (χ3v) is 4.54. The first-order valence-corrected chi connectivity index (χ1v) is 7.53. The lowest BCUT2D eigenvalue weighted by molar-refractivity contribution is 0.116. The van der Waals surface area contributed by atoms with Crippen molar-refractivity contribution in [3.63, 3.8) is 0 Å². The van der Waals surface area contributed by atoms with E-state index in [0.717, 1.165) is 32.5 Å². The van der Waals surface area contributed by atoms with Gasteiger partial charge in [-0.1, -0.05) is 19.1 Å². The van der Waals surface area contributed by atoms with Crippen molar-refractivity contribution >= 4 is 22.6 Å². The van der Waals surface area contributed by atoms with Crippen LogP contribution in [0.1, 0.15) is 31.7 Å². The highest BCUT2D eigenvalue weighted by atomic mass is 127. The summed E-state index contributed by atoms with van der Waals surface area (Å²) in [6.07, 6.45) is 2.99.